The number of hydrogen-bond donors (Lipinski definition) is 0. The van der Waals surface area contributed by atoms with Gasteiger partial charge in [0.1, 0.15) is 17.4 Å². The van der Waals surface area contributed by atoms with E-state index in [0.29, 0.717) is 38.2 Å². The lowest BCUT2D eigenvalue weighted by molar-refractivity contribution is -0.137. The van der Waals surface area contributed by atoms with Gasteiger partial charge in [-0.1, -0.05) is 0 Å². The van der Waals surface area contributed by atoms with Gasteiger partial charge in [0.05, 0.1) is 6.61 Å². The Hall–Kier alpha value is -2.61. The van der Waals surface area contributed by atoms with Gasteiger partial charge in [-0.2, -0.15) is 0 Å². The van der Waals surface area contributed by atoms with Gasteiger partial charge in [-0.15, -0.1) is 0 Å². The van der Waals surface area contributed by atoms with E-state index in [0.717, 1.165) is 38.2 Å². The van der Waals surface area contributed by atoms with Crippen molar-refractivity contribution in [2.75, 3.05) is 45.9 Å². The number of likely N-dealkylation sites (tertiary alicyclic amines) is 1. The highest BCUT2D eigenvalue weighted by Gasteiger charge is 2.39. The summed E-state index contributed by atoms with van der Waals surface area (Å²) in [7, 11) is 0. The summed E-state index contributed by atoms with van der Waals surface area (Å²) in [6.07, 6.45) is 2.01. The van der Waals surface area contributed by atoms with Gasteiger partial charge in [0, 0.05) is 44.8 Å². The molecule has 0 unspecified atom stereocenters. The van der Waals surface area contributed by atoms with E-state index in [1.807, 2.05) is 37.8 Å². The van der Waals surface area contributed by atoms with E-state index in [2.05, 4.69) is 4.90 Å². The molecule has 8 heteroatoms. The molecule has 0 saturated carbocycles. The van der Waals surface area contributed by atoms with E-state index in [1.54, 1.807) is 24.0 Å². The number of ether oxygens (including phenoxy) is 2. The molecule has 0 radical (unpaired) electrons. The number of nitrogens with zero attached hydrogens (tertiary/aromatic N) is 3. The first-order valence-corrected chi connectivity index (χ1v) is 11.9. The number of ketones is 1. The summed E-state index contributed by atoms with van der Waals surface area (Å²) in [5, 5.41) is 0. The number of amides is 2. The summed E-state index contributed by atoms with van der Waals surface area (Å²) in [5.41, 5.74) is 0.113. The van der Waals surface area contributed by atoms with Gasteiger partial charge >= 0.3 is 6.09 Å². The quantitative estimate of drug-likeness (QED) is 0.460. The van der Waals surface area contributed by atoms with Crippen LogP contribution < -0.4 is 4.74 Å². The van der Waals surface area contributed by atoms with Crippen LogP contribution in [0, 0.1) is 0 Å². The molecule has 0 bridgehead atoms. The average Bonchev–Trinajstić information content (AvgIpc) is 3.26. The lowest BCUT2D eigenvalue weighted by atomic mass is 10.1. The van der Waals surface area contributed by atoms with Crippen LogP contribution in [-0.2, 0) is 9.53 Å². The van der Waals surface area contributed by atoms with Gasteiger partial charge < -0.3 is 14.4 Å². The van der Waals surface area contributed by atoms with E-state index >= 15 is 0 Å². The number of benzene rings is 1. The summed E-state index contributed by atoms with van der Waals surface area (Å²) in [6.45, 7) is 12.1. The molecule has 182 valence electrons. The fourth-order valence-electron chi connectivity index (χ4n) is 4.23. The van der Waals surface area contributed by atoms with Crippen LogP contribution >= 0.6 is 0 Å². The normalized spacial score (nSPS) is 19.5. The smallest absolute Gasteiger partial charge is 0.410 e. The fourth-order valence-corrected chi connectivity index (χ4v) is 4.23. The van der Waals surface area contributed by atoms with Crippen molar-refractivity contribution in [3.63, 3.8) is 0 Å². The van der Waals surface area contributed by atoms with Crippen molar-refractivity contribution in [2.45, 2.75) is 58.6 Å². The largest absolute Gasteiger partial charge is 0.494 e. The van der Waals surface area contributed by atoms with Crippen LogP contribution in [0.3, 0.4) is 0 Å². The highest BCUT2D eigenvalue weighted by Crippen LogP contribution is 2.23. The average molecular weight is 460 g/mol. The Morgan fingerprint density at radius 2 is 1.67 bits per heavy atom. The maximum absolute atomic E-state index is 13.1. The lowest BCUT2D eigenvalue weighted by Gasteiger charge is -2.37. The second-order valence-corrected chi connectivity index (χ2v) is 9.78. The van der Waals surface area contributed by atoms with Crippen molar-refractivity contribution in [2.24, 2.45) is 0 Å². The standard InChI is InChI=1S/C25H37N3O5/c1-19(29)20-8-10-21(11-9-20)32-18-6-12-26-14-16-27(17-15-26)23(30)22-7-5-13-28(22)24(31)33-25(2,3)4/h8-11,22H,5-7,12-18H2,1-4H3/t22-/m0/s1. The van der Waals surface area contributed by atoms with Gasteiger partial charge in [-0.25, -0.2) is 4.79 Å². The molecule has 0 N–H and O–H groups in total. The maximum Gasteiger partial charge on any atom is 0.410 e. The summed E-state index contributed by atoms with van der Waals surface area (Å²) in [6, 6.07) is 6.80. The highest BCUT2D eigenvalue weighted by molar-refractivity contribution is 5.94. The molecular formula is C25H37N3O5. The number of piperazine rings is 1. The molecule has 8 nitrogen and oxygen atoms in total. The Morgan fingerprint density at radius 1 is 1.00 bits per heavy atom. The molecule has 2 aliphatic rings. The zero-order valence-electron chi connectivity index (χ0n) is 20.3. The van der Waals surface area contributed by atoms with Crippen LogP contribution in [0.4, 0.5) is 4.79 Å². The first-order chi connectivity index (χ1) is 15.6. The number of carbonyl (C=O) groups is 3. The van der Waals surface area contributed by atoms with E-state index in [4.69, 9.17) is 9.47 Å². The molecule has 2 saturated heterocycles. The molecule has 0 spiro atoms. The zero-order valence-corrected chi connectivity index (χ0v) is 20.3. The third kappa shape index (κ3) is 7.19. The molecular weight excluding hydrogens is 422 g/mol. The number of hydrogen-bond acceptors (Lipinski definition) is 6. The molecule has 2 aliphatic heterocycles. The molecule has 2 fully saturated rings. The Balaban J connectivity index is 1.38. The summed E-state index contributed by atoms with van der Waals surface area (Å²) in [4.78, 5) is 42.7. The SMILES string of the molecule is CC(=O)c1ccc(OCCCN2CCN(C(=O)[C@@H]3CCCN3C(=O)OC(C)(C)C)CC2)cc1. The van der Waals surface area contributed by atoms with Crippen molar-refractivity contribution in [1.29, 1.82) is 0 Å². The Kier molecular flexibility index (Phi) is 8.35. The van der Waals surface area contributed by atoms with Crippen LogP contribution in [0.2, 0.25) is 0 Å². The minimum absolute atomic E-state index is 0.0374. The topological polar surface area (TPSA) is 79.4 Å². The van der Waals surface area contributed by atoms with Crippen molar-refractivity contribution >= 4 is 17.8 Å². The van der Waals surface area contributed by atoms with E-state index in [9.17, 15) is 14.4 Å². The summed E-state index contributed by atoms with van der Waals surface area (Å²) >= 11 is 0. The van der Waals surface area contributed by atoms with Crippen LogP contribution in [0.1, 0.15) is 57.3 Å². The zero-order chi connectivity index (χ0) is 24.0. The van der Waals surface area contributed by atoms with Gasteiger partial charge in [-0.3, -0.25) is 19.4 Å². The number of rotatable bonds is 7. The fraction of sp³-hybridized carbons (Fsp3) is 0.640. The minimum Gasteiger partial charge on any atom is -0.494 e. The monoisotopic (exact) mass is 459 g/mol. The Bertz CT molecular complexity index is 825. The Morgan fingerprint density at radius 3 is 2.27 bits per heavy atom. The van der Waals surface area contributed by atoms with Crippen molar-refractivity contribution < 1.29 is 23.9 Å². The summed E-state index contributed by atoms with van der Waals surface area (Å²) < 4.78 is 11.3. The molecule has 1 aromatic rings. The highest BCUT2D eigenvalue weighted by atomic mass is 16.6. The lowest BCUT2D eigenvalue weighted by Crippen LogP contribution is -2.54. The molecule has 0 aromatic heterocycles. The molecule has 1 atom stereocenters. The predicted octanol–water partition coefficient (Wildman–Crippen LogP) is 3.20. The number of carbonyl (C=O) groups excluding carboxylic acids is 3. The van der Waals surface area contributed by atoms with E-state index < -0.39 is 17.7 Å². The van der Waals surface area contributed by atoms with Gasteiger partial charge in [0.25, 0.3) is 0 Å². The third-order valence-corrected chi connectivity index (χ3v) is 6.00. The van der Waals surface area contributed by atoms with Crippen LogP contribution in [0.5, 0.6) is 5.75 Å². The maximum atomic E-state index is 13.1. The second-order valence-electron chi connectivity index (χ2n) is 9.78. The van der Waals surface area contributed by atoms with Gasteiger partial charge in [-0.05, 0) is 71.2 Å². The molecule has 2 amide bonds. The number of Topliss-reactive ketones (excluding diaryl/α,β-unsaturated/α-hetero) is 1. The van der Waals surface area contributed by atoms with Gasteiger partial charge in [0.2, 0.25) is 5.91 Å². The molecule has 33 heavy (non-hydrogen) atoms. The molecule has 0 aliphatic carbocycles. The van der Waals surface area contributed by atoms with Crippen LogP contribution in [-0.4, -0.2) is 90.0 Å². The van der Waals surface area contributed by atoms with E-state index in [1.165, 1.54) is 0 Å². The van der Waals surface area contributed by atoms with Gasteiger partial charge in [0.15, 0.2) is 5.78 Å². The molecule has 3 rings (SSSR count). The minimum atomic E-state index is -0.569. The van der Waals surface area contributed by atoms with Crippen molar-refractivity contribution in [1.82, 2.24) is 14.7 Å². The first kappa shape index (κ1) is 25.0. The first-order valence-electron chi connectivity index (χ1n) is 11.9. The second kappa shape index (κ2) is 11.0. The van der Waals surface area contributed by atoms with Crippen LogP contribution in [0.15, 0.2) is 24.3 Å². The van der Waals surface area contributed by atoms with Crippen molar-refractivity contribution in [3.8, 4) is 5.75 Å². The van der Waals surface area contributed by atoms with Crippen LogP contribution in [0.25, 0.3) is 0 Å². The molecule has 2 heterocycles. The third-order valence-electron chi connectivity index (χ3n) is 6.00. The predicted molar refractivity (Wildman–Crippen MR) is 126 cm³/mol. The van der Waals surface area contributed by atoms with E-state index in [-0.39, 0.29) is 11.7 Å². The van der Waals surface area contributed by atoms with Crippen molar-refractivity contribution in [3.05, 3.63) is 29.8 Å². The molecule has 1 aromatic carbocycles. The summed E-state index contributed by atoms with van der Waals surface area (Å²) in [5.74, 6) is 0.849. The Labute approximate surface area is 196 Å².